The molecule has 3 rings (SSSR count). The van der Waals surface area contributed by atoms with Crippen molar-refractivity contribution in [3.8, 4) is 0 Å². The molecule has 2 N–H and O–H groups in total. The van der Waals surface area contributed by atoms with Gasteiger partial charge in [-0.05, 0) is 46.2 Å². The highest BCUT2D eigenvalue weighted by molar-refractivity contribution is 5.86. The van der Waals surface area contributed by atoms with Crippen LogP contribution in [0.25, 0.3) is 16.8 Å². The molecule has 20 heavy (non-hydrogen) atoms. The topological polar surface area (TPSA) is 26.0 Å². The Kier molecular flexibility index (Phi) is 3.51. The van der Waals surface area contributed by atoms with Gasteiger partial charge in [0.25, 0.3) is 0 Å². The minimum atomic E-state index is 0.919. The van der Waals surface area contributed by atoms with Crippen molar-refractivity contribution in [2.45, 2.75) is 6.42 Å². The molecule has 0 aliphatic rings. The molecule has 1 nitrogen and oxygen atoms in total. The van der Waals surface area contributed by atoms with Gasteiger partial charge < -0.3 is 5.73 Å². The lowest BCUT2D eigenvalue weighted by molar-refractivity contribution is 1.20. The van der Waals surface area contributed by atoms with Crippen LogP contribution in [-0.4, -0.2) is 0 Å². The first-order chi connectivity index (χ1) is 9.88. The van der Waals surface area contributed by atoms with Gasteiger partial charge in [0, 0.05) is 0 Å². The highest BCUT2D eigenvalue weighted by Crippen LogP contribution is 2.23. The van der Waals surface area contributed by atoms with Gasteiger partial charge in [-0.25, -0.2) is 0 Å². The van der Waals surface area contributed by atoms with Crippen LogP contribution in [0.15, 0.2) is 72.9 Å². The van der Waals surface area contributed by atoms with Gasteiger partial charge in [-0.3, -0.25) is 0 Å². The molecule has 0 spiro atoms. The average Bonchev–Trinajstić information content (AvgIpc) is 2.50. The average molecular weight is 259 g/mol. The second-order valence-electron chi connectivity index (χ2n) is 4.87. The van der Waals surface area contributed by atoms with Crippen LogP contribution in [0, 0.1) is 0 Å². The lowest BCUT2D eigenvalue weighted by Gasteiger charge is -2.09. The Balaban J connectivity index is 2.06. The van der Waals surface area contributed by atoms with Gasteiger partial charge in [-0.15, -0.1) is 0 Å². The molecule has 0 aliphatic heterocycles. The first-order valence-corrected chi connectivity index (χ1v) is 6.81. The van der Waals surface area contributed by atoms with E-state index in [4.69, 9.17) is 5.73 Å². The molecule has 98 valence electrons. The predicted molar refractivity (Wildman–Crippen MR) is 86.4 cm³/mol. The van der Waals surface area contributed by atoms with E-state index in [1.165, 1.54) is 27.5 Å². The smallest absolute Gasteiger partial charge is 0.00137 e. The lowest BCUT2D eigenvalue weighted by Crippen LogP contribution is -1.93. The Morgan fingerprint density at radius 1 is 0.750 bits per heavy atom. The number of rotatable bonds is 3. The number of nitrogens with two attached hydrogens (primary N) is 1. The summed E-state index contributed by atoms with van der Waals surface area (Å²) in [5.41, 5.74) is 9.36. The summed E-state index contributed by atoms with van der Waals surface area (Å²) in [6.45, 7) is 0. The largest absolute Gasteiger partial charge is 0.405 e. The summed E-state index contributed by atoms with van der Waals surface area (Å²) in [4.78, 5) is 0. The van der Waals surface area contributed by atoms with E-state index in [1.807, 2.05) is 12.1 Å². The first-order valence-electron chi connectivity index (χ1n) is 6.81. The molecular formula is C19H17N. The Hall–Kier alpha value is -2.54. The molecule has 0 aliphatic carbocycles. The summed E-state index contributed by atoms with van der Waals surface area (Å²) in [7, 11) is 0. The lowest BCUT2D eigenvalue weighted by atomic mass is 9.96. The van der Waals surface area contributed by atoms with Crippen molar-refractivity contribution in [3.63, 3.8) is 0 Å². The van der Waals surface area contributed by atoms with Gasteiger partial charge in [0.15, 0.2) is 0 Å². The van der Waals surface area contributed by atoms with E-state index < -0.39 is 0 Å². The van der Waals surface area contributed by atoms with Crippen molar-refractivity contribution in [1.29, 1.82) is 0 Å². The maximum atomic E-state index is 5.53. The molecule has 3 aromatic carbocycles. The van der Waals surface area contributed by atoms with Crippen LogP contribution in [0.1, 0.15) is 16.7 Å². The van der Waals surface area contributed by atoms with Gasteiger partial charge in [0.1, 0.15) is 0 Å². The molecule has 0 aromatic heterocycles. The number of fused-ring (bicyclic) bond motifs is 1. The van der Waals surface area contributed by atoms with Crippen molar-refractivity contribution < 1.29 is 0 Å². The van der Waals surface area contributed by atoms with Crippen LogP contribution in [-0.2, 0) is 6.42 Å². The molecule has 0 bridgehead atoms. The Morgan fingerprint density at radius 3 is 2.35 bits per heavy atom. The zero-order chi connectivity index (χ0) is 13.8. The molecule has 0 unspecified atom stereocenters. The Morgan fingerprint density at radius 2 is 1.45 bits per heavy atom. The number of hydrogen-bond acceptors (Lipinski definition) is 1. The molecule has 0 saturated carbocycles. The van der Waals surface area contributed by atoms with Gasteiger partial charge in [0.2, 0.25) is 0 Å². The zero-order valence-electron chi connectivity index (χ0n) is 11.3. The van der Waals surface area contributed by atoms with Crippen molar-refractivity contribution in [2.24, 2.45) is 5.73 Å². The van der Waals surface area contributed by atoms with Crippen LogP contribution < -0.4 is 5.73 Å². The van der Waals surface area contributed by atoms with Gasteiger partial charge in [0.05, 0.1) is 0 Å². The maximum absolute atomic E-state index is 5.53. The third-order valence-corrected chi connectivity index (χ3v) is 3.59. The van der Waals surface area contributed by atoms with Crippen LogP contribution in [0.5, 0.6) is 0 Å². The first kappa shape index (κ1) is 12.5. The van der Waals surface area contributed by atoms with Gasteiger partial charge in [-0.2, -0.15) is 0 Å². The summed E-state index contributed by atoms with van der Waals surface area (Å²) in [5.74, 6) is 0. The highest BCUT2D eigenvalue weighted by atomic mass is 14.5. The number of benzene rings is 3. The monoisotopic (exact) mass is 259 g/mol. The minimum Gasteiger partial charge on any atom is -0.405 e. The fourth-order valence-electron chi connectivity index (χ4n) is 2.61. The fraction of sp³-hybridized carbons (Fsp3) is 0.0526. The molecule has 0 saturated heterocycles. The molecule has 0 amide bonds. The van der Waals surface area contributed by atoms with Crippen molar-refractivity contribution >= 4 is 16.8 Å². The Bertz CT molecular complexity index is 751. The summed E-state index contributed by atoms with van der Waals surface area (Å²) in [6, 6.07) is 23.4. The van der Waals surface area contributed by atoms with Crippen molar-refractivity contribution in [1.82, 2.24) is 0 Å². The summed E-state index contributed by atoms with van der Waals surface area (Å²) >= 11 is 0. The SMILES string of the molecule is N/C=C\c1ccccc1Cc1cccc2ccccc12. The summed E-state index contributed by atoms with van der Waals surface area (Å²) in [5, 5.41) is 2.61. The Labute approximate surface area is 119 Å². The van der Waals surface area contributed by atoms with E-state index in [1.54, 1.807) is 6.20 Å². The minimum absolute atomic E-state index is 0.919. The molecule has 0 atom stereocenters. The van der Waals surface area contributed by atoms with E-state index in [0.717, 1.165) is 6.42 Å². The second kappa shape index (κ2) is 5.62. The third-order valence-electron chi connectivity index (χ3n) is 3.59. The fourth-order valence-corrected chi connectivity index (χ4v) is 2.61. The molecule has 1 heteroatoms. The normalized spacial score (nSPS) is 11.2. The van der Waals surface area contributed by atoms with E-state index in [9.17, 15) is 0 Å². The highest BCUT2D eigenvalue weighted by Gasteiger charge is 2.04. The molecule has 0 heterocycles. The van der Waals surface area contributed by atoms with Crippen LogP contribution in [0.2, 0.25) is 0 Å². The van der Waals surface area contributed by atoms with E-state index in [-0.39, 0.29) is 0 Å². The molecule has 3 aromatic rings. The number of hydrogen-bond donors (Lipinski definition) is 1. The standard InChI is InChI=1S/C19H17N/c20-13-12-15-6-1-2-8-17(15)14-18-10-5-9-16-7-3-4-11-19(16)18/h1-13H,14,20H2/b13-12-. The summed E-state index contributed by atoms with van der Waals surface area (Å²) < 4.78 is 0. The van der Waals surface area contributed by atoms with Gasteiger partial charge >= 0.3 is 0 Å². The van der Waals surface area contributed by atoms with Crippen LogP contribution in [0.3, 0.4) is 0 Å². The van der Waals surface area contributed by atoms with E-state index >= 15 is 0 Å². The summed E-state index contributed by atoms with van der Waals surface area (Å²) in [6.07, 6.45) is 4.48. The maximum Gasteiger partial charge on any atom is -0.00137 e. The zero-order valence-corrected chi connectivity index (χ0v) is 11.3. The second-order valence-corrected chi connectivity index (χ2v) is 4.87. The van der Waals surface area contributed by atoms with Gasteiger partial charge in [-0.1, -0.05) is 66.7 Å². The molecular weight excluding hydrogens is 242 g/mol. The van der Waals surface area contributed by atoms with Crippen molar-refractivity contribution in [3.05, 3.63) is 89.6 Å². The quantitative estimate of drug-likeness (QED) is 0.743. The van der Waals surface area contributed by atoms with Crippen molar-refractivity contribution in [2.75, 3.05) is 0 Å². The molecule has 0 radical (unpaired) electrons. The molecule has 0 fully saturated rings. The van der Waals surface area contributed by atoms with E-state index in [2.05, 4.69) is 60.7 Å². The predicted octanol–water partition coefficient (Wildman–Crippen LogP) is 4.36. The van der Waals surface area contributed by atoms with E-state index in [0.29, 0.717) is 0 Å². The third kappa shape index (κ3) is 2.43. The van der Waals surface area contributed by atoms with Crippen LogP contribution >= 0.6 is 0 Å². The van der Waals surface area contributed by atoms with Crippen LogP contribution in [0.4, 0.5) is 0 Å².